The molecule has 1 aliphatic carbocycles. The molecule has 3 nitrogen and oxygen atoms in total. The molecule has 3 aromatic rings. The van der Waals surface area contributed by atoms with Crippen molar-refractivity contribution in [3.05, 3.63) is 107 Å². The van der Waals surface area contributed by atoms with Gasteiger partial charge >= 0.3 is 0 Å². The number of nitrogens with zero attached hydrogens (tertiary/aromatic N) is 1. The lowest BCUT2D eigenvalue weighted by molar-refractivity contribution is -0.122. The number of nitrogens with one attached hydrogen (secondary N) is 1. The molecule has 1 saturated carbocycles. The molecule has 4 heteroatoms. The summed E-state index contributed by atoms with van der Waals surface area (Å²) in [5.41, 5.74) is 5.49. The molecule has 134 valence electrons. The molecule has 1 atom stereocenters. The van der Waals surface area contributed by atoms with E-state index in [9.17, 15) is 4.79 Å². The first-order chi connectivity index (χ1) is 13.2. The average Bonchev–Trinajstić information content (AvgIpc) is 3.48. The van der Waals surface area contributed by atoms with Gasteiger partial charge in [-0.25, -0.2) is 5.43 Å². The minimum Gasteiger partial charge on any atom is -0.273 e. The smallest absolute Gasteiger partial charge is 0.244 e. The summed E-state index contributed by atoms with van der Waals surface area (Å²) in [6, 6.07) is 27.8. The summed E-state index contributed by atoms with van der Waals surface area (Å²) < 4.78 is 0. The van der Waals surface area contributed by atoms with Crippen molar-refractivity contribution < 1.29 is 4.79 Å². The van der Waals surface area contributed by atoms with E-state index in [4.69, 9.17) is 11.6 Å². The van der Waals surface area contributed by atoms with Gasteiger partial charge in [-0.3, -0.25) is 4.79 Å². The molecule has 1 fully saturated rings. The molecule has 3 aromatic carbocycles. The van der Waals surface area contributed by atoms with Crippen LogP contribution >= 0.6 is 11.6 Å². The van der Waals surface area contributed by atoms with Crippen LogP contribution in [-0.2, 0) is 10.2 Å². The molecular formula is C23H19ClN2O. The number of hydrazone groups is 1. The summed E-state index contributed by atoms with van der Waals surface area (Å²) >= 11 is 6.12. The fraction of sp³-hybridized carbons (Fsp3) is 0.130. The molecule has 0 spiro atoms. The summed E-state index contributed by atoms with van der Waals surface area (Å²) in [4.78, 5) is 12.8. The van der Waals surface area contributed by atoms with Crippen LogP contribution in [0.25, 0.3) is 0 Å². The van der Waals surface area contributed by atoms with Crippen LogP contribution in [0.3, 0.4) is 0 Å². The standard InChI is InChI=1S/C23H19ClN2O/c24-21-14-8-7-9-17(21)16-25-26-22(27)20-15-23(20,18-10-3-1-4-11-18)19-12-5-2-6-13-19/h1-14,16,20H,15H2,(H,26,27). The predicted molar refractivity (Wildman–Crippen MR) is 109 cm³/mol. The molecule has 0 saturated heterocycles. The van der Waals surface area contributed by atoms with Crippen LogP contribution < -0.4 is 5.43 Å². The van der Waals surface area contributed by atoms with E-state index in [2.05, 4.69) is 34.8 Å². The van der Waals surface area contributed by atoms with E-state index in [-0.39, 0.29) is 17.2 Å². The van der Waals surface area contributed by atoms with E-state index in [1.165, 1.54) is 0 Å². The number of amides is 1. The quantitative estimate of drug-likeness (QED) is 0.506. The predicted octanol–water partition coefficient (Wildman–Crippen LogP) is 4.80. The molecule has 0 bridgehead atoms. The minimum atomic E-state index is -0.285. The highest BCUT2D eigenvalue weighted by Gasteiger charge is 2.60. The molecule has 0 heterocycles. The summed E-state index contributed by atoms with van der Waals surface area (Å²) in [6.07, 6.45) is 2.35. The van der Waals surface area contributed by atoms with E-state index in [1.54, 1.807) is 12.3 Å². The van der Waals surface area contributed by atoms with Gasteiger partial charge < -0.3 is 0 Å². The Kier molecular flexibility index (Phi) is 4.78. The van der Waals surface area contributed by atoms with Crippen molar-refractivity contribution in [2.45, 2.75) is 11.8 Å². The van der Waals surface area contributed by atoms with Crippen LogP contribution in [0.4, 0.5) is 0 Å². The Bertz CT molecular complexity index is 930. The van der Waals surface area contributed by atoms with Crippen molar-refractivity contribution in [1.82, 2.24) is 5.43 Å². The van der Waals surface area contributed by atoms with E-state index in [1.807, 2.05) is 54.6 Å². The molecule has 4 rings (SSSR count). The van der Waals surface area contributed by atoms with Gasteiger partial charge in [0.25, 0.3) is 0 Å². The fourth-order valence-corrected chi connectivity index (χ4v) is 3.86. The van der Waals surface area contributed by atoms with Gasteiger partial charge in [-0.2, -0.15) is 5.10 Å². The van der Waals surface area contributed by atoms with Crippen LogP contribution in [0.15, 0.2) is 90.0 Å². The van der Waals surface area contributed by atoms with Crippen LogP contribution in [0, 0.1) is 5.92 Å². The van der Waals surface area contributed by atoms with Crippen molar-refractivity contribution in [1.29, 1.82) is 0 Å². The third kappa shape index (κ3) is 3.38. The van der Waals surface area contributed by atoms with Crippen molar-refractivity contribution in [2.24, 2.45) is 11.0 Å². The lowest BCUT2D eigenvalue weighted by atomic mass is 9.85. The van der Waals surface area contributed by atoms with E-state index >= 15 is 0 Å². The van der Waals surface area contributed by atoms with Crippen molar-refractivity contribution >= 4 is 23.7 Å². The molecule has 0 aliphatic heterocycles. The van der Waals surface area contributed by atoms with Gasteiger partial charge in [0, 0.05) is 16.0 Å². The van der Waals surface area contributed by atoms with Gasteiger partial charge in [0.15, 0.2) is 0 Å². The summed E-state index contributed by atoms with van der Waals surface area (Å²) in [6.45, 7) is 0. The number of hydrogen-bond acceptors (Lipinski definition) is 2. The highest BCUT2D eigenvalue weighted by atomic mass is 35.5. The number of carbonyl (C=O) groups is 1. The Labute approximate surface area is 163 Å². The zero-order valence-electron chi connectivity index (χ0n) is 14.7. The first-order valence-corrected chi connectivity index (χ1v) is 9.28. The molecule has 1 aliphatic rings. The maximum Gasteiger partial charge on any atom is 0.244 e. The molecule has 27 heavy (non-hydrogen) atoms. The summed E-state index contributed by atoms with van der Waals surface area (Å²) in [7, 11) is 0. The third-order valence-electron chi connectivity index (χ3n) is 5.14. The topological polar surface area (TPSA) is 41.5 Å². The molecular weight excluding hydrogens is 356 g/mol. The van der Waals surface area contributed by atoms with Crippen LogP contribution in [0.1, 0.15) is 23.1 Å². The Morgan fingerprint density at radius 1 is 0.926 bits per heavy atom. The number of hydrogen-bond donors (Lipinski definition) is 1. The lowest BCUT2D eigenvalue weighted by Crippen LogP contribution is -2.25. The second-order valence-corrected chi connectivity index (χ2v) is 7.12. The first kappa shape index (κ1) is 17.5. The van der Waals surface area contributed by atoms with Gasteiger partial charge in [-0.05, 0) is 23.6 Å². The van der Waals surface area contributed by atoms with E-state index in [0.717, 1.165) is 23.1 Å². The third-order valence-corrected chi connectivity index (χ3v) is 5.48. The van der Waals surface area contributed by atoms with Crippen molar-refractivity contribution in [3.63, 3.8) is 0 Å². The fourth-order valence-electron chi connectivity index (χ4n) is 3.68. The van der Waals surface area contributed by atoms with Crippen LogP contribution in [-0.4, -0.2) is 12.1 Å². The lowest BCUT2D eigenvalue weighted by Gasteiger charge is -2.18. The Morgan fingerprint density at radius 2 is 1.48 bits per heavy atom. The number of halogens is 1. The highest BCUT2D eigenvalue weighted by molar-refractivity contribution is 6.33. The van der Waals surface area contributed by atoms with Crippen molar-refractivity contribution in [2.75, 3.05) is 0 Å². The molecule has 1 unspecified atom stereocenters. The van der Waals surface area contributed by atoms with Crippen LogP contribution in [0.5, 0.6) is 0 Å². The highest BCUT2D eigenvalue weighted by Crippen LogP contribution is 2.58. The minimum absolute atomic E-state index is 0.0778. The summed E-state index contributed by atoms with van der Waals surface area (Å²) in [5.74, 6) is -0.225. The van der Waals surface area contributed by atoms with Gasteiger partial charge in [-0.15, -0.1) is 0 Å². The molecule has 1 amide bonds. The Balaban J connectivity index is 1.55. The molecule has 0 radical (unpaired) electrons. The first-order valence-electron chi connectivity index (χ1n) is 8.90. The van der Waals surface area contributed by atoms with Crippen molar-refractivity contribution in [3.8, 4) is 0 Å². The number of rotatable bonds is 5. The molecule has 1 N–H and O–H groups in total. The zero-order valence-corrected chi connectivity index (χ0v) is 15.4. The average molecular weight is 375 g/mol. The number of benzene rings is 3. The van der Waals surface area contributed by atoms with Gasteiger partial charge in [0.05, 0.1) is 12.1 Å². The second-order valence-electron chi connectivity index (χ2n) is 6.72. The number of carbonyl (C=O) groups excluding carboxylic acids is 1. The van der Waals surface area contributed by atoms with Gasteiger partial charge in [-0.1, -0.05) is 90.5 Å². The Hall–Kier alpha value is -2.91. The largest absolute Gasteiger partial charge is 0.273 e. The van der Waals surface area contributed by atoms with E-state index < -0.39 is 0 Å². The van der Waals surface area contributed by atoms with E-state index in [0.29, 0.717) is 5.02 Å². The zero-order chi connectivity index (χ0) is 18.7. The summed E-state index contributed by atoms with van der Waals surface area (Å²) in [5, 5.41) is 4.71. The Morgan fingerprint density at radius 3 is 2.07 bits per heavy atom. The van der Waals surface area contributed by atoms with Gasteiger partial charge in [0.1, 0.15) is 0 Å². The molecule has 0 aromatic heterocycles. The normalized spacial score (nSPS) is 17.6. The van der Waals surface area contributed by atoms with Crippen LogP contribution in [0.2, 0.25) is 5.02 Å². The second kappa shape index (κ2) is 7.37. The maximum absolute atomic E-state index is 12.8. The monoisotopic (exact) mass is 374 g/mol. The van der Waals surface area contributed by atoms with Gasteiger partial charge in [0.2, 0.25) is 5.91 Å². The SMILES string of the molecule is O=C(NN=Cc1ccccc1Cl)C1CC1(c1ccccc1)c1ccccc1. The maximum atomic E-state index is 12.8.